The van der Waals surface area contributed by atoms with Gasteiger partial charge in [-0.05, 0) is 30.2 Å². The normalized spacial score (nSPS) is 22.8. The van der Waals surface area contributed by atoms with Gasteiger partial charge in [-0.2, -0.15) is 5.10 Å². The second-order valence-electron chi connectivity index (χ2n) is 7.01. The molecule has 7 heteroatoms. The molecule has 2 aliphatic rings. The highest BCUT2D eigenvalue weighted by molar-refractivity contribution is 5.97. The van der Waals surface area contributed by atoms with Crippen LogP contribution in [-0.2, 0) is 16.6 Å². The van der Waals surface area contributed by atoms with Crippen molar-refractivity contribution < 1.29 is 9.59 Å². The average molecular weight is 353 g/mol. The zero-order chi connectivity index (χ0) is 18.1. The Balaban J connectivity index is 1.48. The molecule has 2 aliphatic heterocycles. The molecule has 2 saturated heterocycles. The molecule has 2 aromatic rings. The fourth-order valence-electron chi connectivity index (χ4n) is 3.84. The molecule has 2 fully saturated rings. The van der Waals surface area contributed by atoms with Gasteiger partial charge in [0.1, 0.15) is 0 Å². The molecule has 2 N–H and O–H groups in total. The smallest absolute Gasteiger partial charge is 0.229 e. The van der Waals surface area contributed by atoms with E-state index in [1.54, 1.807) is 9.58 Å². The predicted molar refractivity (Wildman–Crippen MR) is 99.0 cm³/mol. The maximum absolute atomic E-state index is 12.8. The fourth-order valence-corrected chi connectivity index (χ4v) is 3.84. The minimum absolute atomic E-state index is 0.00579. The second-order valence-corrected chi connectivity index (χ2v) is 7.01. The molecule has 0 spiro atoms. The van der Waals surface area contributed by atoms with Gasteiger partial charge in [-0.1, -0.05) is 6.07 Å². The van der Waals surface area contributed by atoms with Crippen LogP contribution in [0.4, 0.5) is 11.4 Å². The molecule has 4 rings (SSSR count). The van der Waals surface area contributed by atoms with Gasteiger partial charge in [0.25, 0.3) is 0 Å². The molecule has 3 heterocycles. The van der Waals surface area contributed by atoms with Crippen LogP contribution in [0.5, 0.6) is 0 Å². The SMILES string of the molecule is Cn1cc([C@H]2CNC[C@@H]2C(=O)Nc2cccc(N3CCCC3=O)c2)cn1. The molecule has 0 aliphatic carbocycles. The number of benzene rings is 1. The van der Waals surface area contributed by atoms with E-state index in [4.69, 9.17) is 0 Å². The van der Waals surface area contributed by atoms with E-state index < -0.39 is 0 Å². The molecule has 1 aromatic carbocycles. The van der Waals surface area contributed by atoms with Gasteiger partial charge in [-0.3, -0.25) is 14.3 Å². The molecular formula is C19H23N5O2. The molecule has 0 unspecified atom stereocenters. The summed E-state index contributed by atoms with van der Waals surface area (Å²) >= 11 is 0. The standard InChI is InChI=1S/C19H23N5O2/c1-23-12-13(9-21-23)16-10-20-11-17(16)19(26)22-14-4-2-5-15(8-14)24-7-3-6-18(24)25/h2,4-5,8-9,12,16-17,20H,3,6-7,10-11H2,1H3,(H,22,26)/t16-,17+/m1/s1. The highest BCUT2D eigenvalue weighted by Gasteiger charge is 2.34. The minimum Gasteiger partial charge on any atom is -0.326 e. The van der Waals surface area contributed by atoms with E-state index in [0.29, 0.717) is 13.0 Å². The topological polar surface area (TPSA) is 79.3 Å². The summed E-state index contributed by atoms with van der Waals surface area (Å²) in [6.07, 6.45) is 5.28. The fraction of sp³-hybridized carbons (Fsp3) is 0.421. The van der Waals surface area contributed by atoms with Gasteiger partial charge in [-0.25, -0.2) is 0 Å². The number of hydrogen-bond donors (Lipinski definition) is 2. The lowest BCUT2D eigenvalue weighted by molar-refractivity contribution is -0.119. The summed E-state index contributed by atoms with van der Waals surface area (Å²) < 4.78 is 1.76. The van der Waals surface area contributed by atoms with Crippen LogP contribution in [-0.4, -0.2) is 41.2 Å². The summed E-state index contributed by atoms with van der Waals surface area (Å²) in [5.74, 6) is 0.113. The van der Waals surface area contributed by atoms with Gasteiger partial charge in [0.2, 0.25) is 11.8 Å². The summed E-state index contributed by atoms with van der Waals surface area (Å²) in [6.45, 7) is 2.16. The number of nitrogens with one attached hydrogen (secondary N) is 2. The van der Waals surface area contributed by atoms with Gasteiger partial charge in [0.05, 0.1) is 12.1 Å². The molecule has 136 valence electrons. The number of hydrogen-bond acceptors (Lipinski definition) is 4. The van der Waals surface area contributed by atoms with Crippen LogP contribution in [0.3, 0.4) is 0 Å². The molecule has 2 atom stereocenters. The maximum Gasteiger partial charge on any atom is 0.229 e. The first-order valence-electron chi connectivity index (χ1n) is 9.02. The van der Waals surface area contributed by atoms with Crippen LogP contribution in [0.15, 0.2) is 36.7 Å². The van der Waals surface area contributed by atoms with Crippen molar-refractivity contribution in [1.82, 2.24) is 15.1 Å². The van der Waals surface area contributed by atoms with Crippen LogP contribution in [0, 0.1) is 5.92 Å². The molecule has 2 amide bonds. The number of carbonyl (C=O) groups excluding carboxylic acids is 2. The van der Waals surface area contributed by atoms with Crippen molar-refractivity contribution in [2.45, 2.75) is 18.8 Å². The Morgan fingerprint density at radius 3 is 2.96 bits per heavy atom. The van der Waals surface area contributed by atoms with Crippen molar-refractivity contribution in [2.24, 2.45) is 13.0 Å². The van der Waals surface area contributed by atoms with E-state index in [9.17, 15) is 9.59 Å². The third-order valence-corrected chi connectivity index (χ3v) is 5.20. The summed E-state index contributed by atoms with van der Waals surface area (Å²) in [4.78, 5) is 26.6. The molecular weight excluding hydrogens is 330 g/mol. The summed E-state index contributed by atoms with van der Waals surface area (Å²) in [7, 11) is 1.88. The van der Waals surface area contributed by atoms with Crippen LogP contribution in [0.25, 0.3) is 0 Å². The highest BCUT2D eigenvalue weighted by Crippen LogP contribution is 2.30. The molecule has 0 saturated carbocycles. The van der Waals surface area contributed by atoms with E-state index in [-0.39, 0.29) is 23.7 Å². The number of amides is 2. The predicted octanol–water partition coefficient (Wildman–Crippen LogP) is 1.49. The Morgan fingerprint density at radius 1 is 1.35 bits per heavy atom. The first kappa shape index (κ1) is 16.8. The summed E-state index contributed by atoms with van der Waals surface area (Å²) in [5, 5.41) is 10.6. The van der Waals surface area contributed by atoms with Crippen molar-refractivity contribution in [3.8, 4) is 0 Å². The average Bonchev–Trinajstić information content (AvgIpc) is 3.35. The number of aromatic nitrogens is 2. The van der Waals surface area contributed by atoms with Gasteiger partial charge >= 0.3 is 0 Å². The first-order valence-corrected chi connectivity index (χ1v) is 9.02. The van der Waals surface area contributed by atoms with Gasteiger partial charge in [0.15, 0.2) is 0 Å². The number of carbonyl (C=O) groups is 2. The number of aryl methyl sites for hydroxylation is 1. The lowest BCUT2D eigenvalue weighted by atomic mass is 9.90. The summed E-state index contributed by atoms with van der Waals surface area (Å²) in [6, 6.07) is 7.53. The highest BCUT2D eigenvalue weighted by atomic mass is 16.2. The van der Waals surface area contributed by atoms with E-state index in [2.05, 4.69) is 15.7 Å². The molecule has 0 radical (unpaired) electrons. The molecule has 0 bridgehead atoms. The third kappa shape index (κ3) is 3.22. The molecule has 1 aromatic heterocycles. The maximum atomic E-state index is 12.8. The Hall–Kier alpha value is -2.67. The lowest BCUT2D eigenvalue weighted by Gasteiger charge is -2.19. The van der Waals surface area contributed by atoms with E-state index in [1.165, 1.54) is 0 Å². The van der Waals surface area contributed by atoms with Crippen molar-refractivity contribution in [3.63, 3.8) is 0 Å². The number of nitrogens with zero attached hydrogens (tertiary/aromatic N) is 3. The van der Waals surface area contributed by atoms with Gasteiger partial charge in [-0.15, -0.1) is 0 Å². The van der Waals surface area contributed by atoms with Crippen molar-refractivity contribution >= 4 is 23.2 Å². The Kier molecular flexibility index (Phi) is 4.46. The second kappa shape index (κ2) is 6.92. The Labute approximate surface area is 152 Å². The van der Waals surface area contributed by atoms with E-state index in [0.717, 1.165) is 36.4 Å². The van der Waals surface area contributed by atoms with Crippen LogP contribution in [0.2, 0.25) is 0 Å². The van der Waals surface area contributed by atoms with E-state index in [1.807, 2.05) is 43.7 Å². The zero-order valence-electron chi connectivity index (χ0n) is 14.8. The molecule has 7 nitrogen and oxygen atoms in total. The zero-order valence-corrected chi connectivity index (χ0v) is 14.8. The van der Waals surface area contributed by atoms with Crippen molar-refractivity contribution in [2.75, 3.05) is 29.9 Å². The Morgan fingerprint density at radius 2 is 2.23 bits per heavy atom. The third-order valence-electron chi connectivity index (χ3n) is 5.20. The number of rotatable bonds is 4. The molecule has 26 heavy (non-hydrogen) atoms. The van der Waals surface area contributed by atoms with Crippen LogP contribution >= 0.6 is 0 Å². The Bertz CT molecular complexity index is 831. The van der Waals surface area contributed by atoms with Crippen LogP contribution < -0.4 is 15.5 Å². The van der Waals surface area contributed by atoms with Gasteiger partial charge in [0, 0.05) is 56.6 Å². The van der Waals surface area contributed by atoms with Gasteiger partial charge < -0.3 is 15.5 Å². The number of anilines is 2. The van der Waals surface area contributed by atoms with Crippen molar-refractivity contribution in [1.29, 1.82) is 0 Å². The summed E-state index contributed by atoms with van der Waals surface area (Å²) in [5.41, 5.74) is 2.65. The minimum atomic E-state index is -0.142. The quantitative estimate of drug-likeness (QED) is 0.873. The lowest BCUT2D eigenvalue weighted by Crippen LogP contribution is -2.28. The monoisotopic (exact) mass is 353 g/mol. The van der Waals surface area contributed by atoms with Crippen LogP contribution in [0.1, 0.15) is 24.3 Å². The largest absolute Gasteiger partial charge is 0.326 e. The first-order chi connectivity index (χ1) is 12.6. The van der Waals surface area contributed by atoms with Crippen molar-refractivity contribution in [3.05, 3.63) is 42.2 Å². The van der Waals surface area contributed by atoms with E-state index >= 15 is 0 Å².